The molecule has 0 fully saturated rings. The van der Waals surface area contributed by atoms with Crippen LogP contribution in [0, 0.1) is 0 Å². The van der Waals surface area contributed by atoms with Gasteiger partial charge in [-0.2, -0.15) is 4.98 Å². The summed E-state index contributed by atoms with van der Waals surface area (Å²) in [4.78, 5) is 34.2. The zero-order valence-corrected chi connectivity index (χ0v) is 17.8. The normalized spacial score (nSPS) is 12.8. The van der Waals surface area contributed by atoms with E-state index in [1.54, 1.807) is 24.3 Å². The van der Waals surface area contributed by atoms with E-state index in [0.717, 1.165) is 12.0 Å². The van der Waals surface area contributed by atoms with Crippen molar-refractivity contribution >= 4 is 22.6 Å². The van der Waals surface area contributed by atoms with Gasteiger partial charge in [-0.1, -0.05) is 23.7 Å². The van der Waals surface area contributed by atoms with Gasteiger partial charge in [-0.15, -0.1) is 0 Å². The maximum Gasteiger partial charge on any atom is 0.332 e. The van der Waals surface area contributed by atoms with Crippen LogP contribution in [0.1, 0.15) is 37.6 Å². The highest BCUT2D eigenvalue weighted by Gasteiger charge is 2.24. The predicted octanol–water partition coefficient (Wildman–Crippen LogP) is 3.02. The van der Waals surface area contributed by atoms with Gasteiger partial charge in [0, 0.05) is 31.5 Å². The zero-order valence-electron chi connectivity index (χ0n) is 17.0. The average molecular weight is 444 g/mol. The lowest BCUT2D eigenvalue weighted by Gasteiger charge is -2.13. The van der Waals surface area contributed by atoms with E-state index in [2.05, 4.69) is 15.1 Å². The number of halogens is 1. The van der Waals surface area contributed by atoms with E-state index in [9.17, 15) is 14.7 Å². The molecule has 162 valence electrons. The lowest BCUT2D eigenvalue weighted by atomic mass is 10.2. The van der Waals surface area contributed by atoms with Crippen LogP contribution in [-0.4, -0.2) is 29.6 Å². The second kappa shape index (κ2) is 8.89. The van der Waals surface area contributed by atoms with Gasteiger partial charge < -0.3 is 9.63 Å². The maximum absolute atomic E-state index is 12.9. The van der Waals surface area contributed by atoms with Gasteiger partial charge in [0.25, 0.3) is 11.4 Å². The van der Waals surface area contributed by atoms with Gasteiger partial charge in [-0.25, -0.2) is 9.79 Å². The first kappa shape index (κ1) is 21.0. The van der Waals surface area contributed by atoms with Crippen molar-refractivity contribution in [2.45, 2.75) is 52.1 Å². The molecular formula is C21H22ClN5O4. The maximum atomic E-state index is 12.9. The SMILES string of the molecule is CCCn1c2c(c(=O)n(CCCCc3noc(-c4ccc(O)cc4)n3)c1=O)CC(Cl)=N2. The molecule has 1 N–H and O–H groups in total. The van der Waals surface area contributed by atoms with Gasteiger partial charge in [0.1, 0.15) is 16.7 Å². The van der Waals surface area contributed by atoms with Gasteiger partial charge in [0.15, 0.2) is 5.82 Å². The number of nitrogens with zero attached hydrogens (tertiary/aromatic N) is 5. The Bertz CT molecular complexity index is 1240. The summed E-state index contributed by atoms with van der Waals surface area (Å²) in [5.74, 6) is 1.49. The molecule has 0 atom stereocenters. The fourth-order valence-corrected chi connectivity index (χ4v) is 3.79. The third-order valence-corrected chi connectivity index (χ3v) is 5.32. The van der Waals surface area contributed by atoms with Crippen LogP contribution in [0.3, 0.4) is 0 Å². The lowest BCUT2D eigenvalue weighted by Crippen LogP contribution is -2.41. The summed E-state index contributed by atoms with van der Waals surface area (Å²) in [6.45, 7) is 2.75. The van der Waals surface area contributed by atoms with Crippen LogP contribution < -0.4 is 11.2 Å². The summed E-state index contributed by atoms with van der Waals surface area (Å²) in [7, 11) is 0. The van der Waals surface area contributed by atoms with E-state index in [1.165, 1.54) is 9.13 Å². The Morgan fingerprint density at radius 3 is 2.65 bits per heavy atom. The van der Waals surface area contributed by atoms with Crippen molar-refractivity contribution in [1.82, 2.24) is 19.3 Å². The van der Waals surface area contributed by atoms with E-state index in [4.69, 9.17) is 16.1 Å². The molecule has 0 aliphatic carbocycles. The first-order valence-electron chi connectivity index (χ1n) is 10.2. The van der Waals surface area contributed by atoms with Gasteiger partial charge >= 0.3 is 5.69 Å². The van der Waals surface area contributed by atoms with Crippen molar-refractivity contribution in [3.8, 4) is 17.2 Å². The molecule has 0 bridgehead atoms. The van der Waals surface area contributed by atoms with Crippen LogP contribution in [-0.2, 0) is 25.9 Å². The number of unbranched alkanes of at least 4 members (excludes halogenated alkanes) is 1. The zero-order chi connectivity index (χ0) is 22.0. The van der Waals surface area contributed by atoms with E-state index in [1.807, 2.05) is 6.92 Å². The molecule has 0 spiro atoms. The van der Waals surface area contributed by atoms with Gasteiger partial charge in [0.05, 0.1) is 5.56 Å². The fraction of sp³-hybridized carbons (Fsp3) is 0.381. The molecule has 10 heteroatoms. The summed E-state index contributed by atoms with van der Waals surface area (Å²) < 4.78 is 8.08. The Hall–Kier alpha value is -3.20. The molecule has 0 radical (unpaired) electrons. The number of rotatable bonds is 8. The lowest BCUT2D eigenvalue weighted by molar-refractivity contribution is 0.420. The Morgan fingerprint density at radius 1 is 1.13 bits per heavy atom. The van der Waals surface area contributed by atoms with Crippen molar-refractivity contribution in [3.63, 3.8) is 0 Å². The van der Waals surface area contributed by atoms with Crippen molar-refractivity contribution in [2.24, 2.45) is 4.99 Å². The standard InChI is InChI=1S/C21H22ClN5O4/c1-2-10-26-18-15(12-16(22)23-18)20(29)27(21(26)30)11-4-3-5-17-24-19(31-25-17)13-6-8-14(28)9-7-13/h6-9,28H,2-5,10-12H2,1H3. The fourth-order valence-electron chi connectivity index (χ4n) is 3.58. The van der Waals surface area contributed by atoms with E-state index in [-0.39, 0.29) is 23.4 Å². The van der Waals surface area contributed by atoms with Crippen LogP contribution in [0.2, 0.25) is 0 Å². The molecule has 3 aromatic rings. The van der Waals surface area contributed by atoms with Crippen LogP contribution in [0.4, 0.5) is 5.82 Å². The molecule has 2 aromatic heterocycles. The summed E-state index contributed by atoms with van der Waals surface area (Å²) >= 11 is 6.03. The molecule has 1 aliphatic rings. The van der Waals surface area contributed by atoms with E-state index < -0.39 is 0 Å². The highest BCUT2D eigenvalue weighted by Crippen LogP contribution is 2.24. The highest BCUT2D eigenvalue weighted by atomic mass is 35.5. The number of phenols is 1. The first-order valence-corrected chi connectivity index (χ1v) is 10.6. The molecule has 0 saturated carbocycles. The number of fused-ring (bicyclic) bond motifs is 1. The summed E-state index contributed by atoms with van der Waals surface area (Å²) in [6, 6.07) is 6.50. The van der Waals surface area contributed by atoms with Gasteiger partial charge in [-0.05, 0) is 43.5 Å². The third kappa shape index (κ3) is 4.32. The van der Waals surface area contributed by atoms with Crippen molar-refractivity contribution in [1.29, 1.82) is 0 Å². The second-order valence-electron chi connectivity index (χ2n) is 7.38. The minimum Gasteiger partial charge on any atom is -0.508 e. The minimum atomic E-state index is -0.352. The third-order valence-electron chi connectivity index (χ3n) is 5.10. The highest BCUT2D eigenvalue weighted by molar-refractivity contribution is 6.66. The Morgan fingerprint density at radius 2 is 1.90 bits per heavy atom. The second-order valence-corrected chi connectivity index (χ2v) is 7.81. The van der Waals surface area contributed by atoms with Crippen LogP contribution >= 0.6 is 11.6 Å². The quantitative estimate of drug-likeness (QED) is 0.535. The topological polar surface area (TPSA) is 116 Å². The monoisotopic (exact) mass is 443 g/mol. The smallest absolute Gasteiger partial charge is 0.332 e. The molecule has 31 heavy (non-hydrogen) atoms. The van der Waals surface area contributed by atoms with Crippen LogP contribution in [0.25, 0.3) is 11.5 Å². The van der Waals surface area contributed by atoms with Crippen molar-refractivity contribution < 1.29 is 9.63 Å². The molecule has 3 heterocycles. The van der Waals surface area contributed by atoms with Crippen LogP contribution in [0.5, 0.6) is 5.75 Å². The number of aromatic nitrogens is 4. The molecular weight excluding hydrogens is 422 g/mol. The van der Waals surface area contributed by atoms with E-state index in [0.29, 0.717) is 60.6 Å². The summed E-state index contributed by atoms with van der Waals surface area (Å²) in [5, 5.41) is 13.7. The van der Waals surface area contributed by atoms with Crippen molar-refractivity contribution in [2.75, 3.05) is 0 Å². The minimum absolute atomic E-state index is 0.164. The molecule has 4 rings (SSSR count). The van der Waals surface area contributed by atoms with E-state index >= 15 is 0 Å². The number of hydrogen-bond acceptors (Lipinski definition) is 7. The number of aryl methyl sites for hydroxylation is 1. The Kier molecular flexibility index (Phi) is 6.03. The van der Waals surface area contributed by atoms with Gasteiger partial charge in [-0.3, -0.25) is 13.9 Å². The molecule has 0 unspecified atom stereocenters. The predicted molar refractivity (Wildman–Crippen MR) is 116 cm³/mol. The average Bonchev–Trinajstić information content (AvgIpc) is 3.38. The number of benzene rings is 1. The summed E-state index contributed by atoms with van der Waals surface area (Å²) in [5.41, 5.74) is 0.532. The number of aromatic hydroxyl groups is 1. The molecule has 1 aliphatic heterocycles. The van der Waals surface area contributed by atoms with Gasteiger partial charge in [0.2, 0.25) is 0 Å². The molecule has 1 aromatic carbocycles. The summed E-state index contributed by atoms with van der Waals surface area (Å²) in [6.07, 6.45) is 2.86. The molecule has 0 saturated heterocycles. The van der Waals surface area contributed by atoms with Crippen LogP contribution in [0.15, 0.2) is 43.4 Å². The molecule has 0 amide bonds. The number of hydrogen-bond donors (Lipinski definition) is 1. The Labute approximate surface area is 182 Å². The van der Waals surface area contributed by atoms with Crippen molar-refractivity contribution in [3.05, 3.63) is 56.5 Å². The Balaban J connectivity index is 1.42. The first-order chi connectivity index (χ1) is 15.0. The largest absolute Gasteiger partial charge is 0.508 e. The molecule has 9 nitrogen and oxygen atoms in total. The number of phenolic OH excluding ortho intramolecular Hbond substituents is 1. The number of aliphatic imine (C=N–C) groups is 1.